The minimum absolute atomic E-state index is 0.0641. The first-order valence-corrected chi connectivity index (χ1v) is 9.50. The molecule has 1 aliphatic heterocycles. The molecule has 0 bridgehead atoms. The molecule has 0 atom stereocenters. The molecule has 2 aromatic heterocycles. The van der Waals surface area contributed by atoms with Gasteiger partial charge in [0.25, 0.3) is 11.8 Å². The van der Waals surface area contributed by atoms with E-state index in [1.165, 1.54) is 0 Å². The van der Waals surface area contributed by atoms with Crippen molar-refractivity contribution in [3.05, 3.63) is 34.9 Å². The van der Waals surface area contributed by atoms with E-state index in [1.54, 1.807) is 33.7 Å². The second-order valence-corrected chi connectivity index (χ2v) is 7.42. The number of carbonyl (C=O) groups excluding carboxylic acids is 2. The summed E-state index contributed by atoms with van der Waals surface area (Å²) in [5.41, 5.74) is 8.20. The number of aromatic nitrogens is 4. The SMILES string of the molecule is Cc1cc(C(=O)N2CCCN(C(=O)c3cc(C(C)C)nc(N)n3)CC2)n(C)n1. The zero-order chi connectivity index (χ0) is 20.4. The van der Waals surface area contributed by atoms with Gasteiger partial charge < -0.3 is 15.5 Å². The number of carbonyl (C=O) groups is 2. The average molecular weight is 385 g/mol. The Morgan fingerprint density at radius 2 is 1.68 bits per heavy atom. The van der Waals surface area contributed by atoms with Crippen molar-refractivity contribution in [3.8, 4) is 0 Å². The second-order valence-electron chi connectivity index (χ2n) is 7.42. The second kappa shape index (κ2) is 7.95. The Bertz CT molecular complexity index is 890. The van der Waals surface area contributed by atoms with Crippen LogP contribution in [0.25, 0.3) is 0 Å². The van der Waals surface area contributed by atoms with Gasteiger partial charge in [0.05, 0.1) is 5.69 Å². The first kappa shape index (κ1) is 19.8. The van der Waals surface area contributed by atoms with Gasteiger partial charge in [0.15, 0.2) is 0 Å². The highest BCUT2D eigenvalue weighted by Gasteiger charge is 2.26. The molecular formula is C19H27N7O2. The normalized spacial score (nSPS) is 15.0. The van der Waals surface area contributed by atoms with E-state index in [-0.39, 0.29) is 23.7 Å². The maximum atomic E-state index is 12.9. The smallest absolute Gasteiger partial charge is 0.272 e. The maximum Gasteiger partial charge on any atom is 0.272 e. The van der Waals surface area contributed by atoms with Gasteiger partial charge in [-0.15, -0.1) is 0 Å². The number of nitrogens with zero attached hydrogens (tertiary/aromatic N) is 6. The molecule has 150 valence electrons. The quantitative estimate of drug-likeness (QED) is 0.850. The van der Waals surface area contributed by atoms with Crippen LogP contribution < -0.4 is 5.73 Å². The van der Waals surface area contributed by atoms with Crippen molar-refractivity contribution in [2.45, 2.75) is 33.1 Å². The molecule has 9 nitrogen and oxygen atoms in total. The highest BCUT2D eigenvalue weighted by molar-refractivity contribution is 5.94. The van der Waals surface area contributed by atoms with Gasteiger partial charge in [0.2, 0.25) is 5.95 Å². The van der Waals surface area contributed by atoms with Crippen molar-refractivity contribution in [1.29, 1.82) is 0 Å². The molecule has 3 heterocycles. The maximum absolute atomic E-state index is 12.9. The standard InChI is InChI=1S/C19H27N7O2/c1-12(2)14-11-15(22-19(20)21-14)17(27)25-6-5-7-26(9-8-25)18(28)16-10-13(3)23-24(16)4/h10-12H,5-9H2,1-4H3,(H2,20,21,22). The largest absolute Gasteiger partial charge is 0.368 e. The van der Waals surface area contributed by atoms with Gasteiger partial charge in [-0.2, -0.15) is 5.10 Å². The van der Waals surface area contributed by atoms with Gasteiger partial charge in [-0.05, 0) is 31.4 Å². The number of anilines is 1. The Labute approximate surface area is 164 Å². The molecule has 3 rings (SSSR count). The third-order valence-electron chi connectivity index (χ3n) is 4.87. The first-order valence-electron chi connectivity index (χ1n) is 9.50. The van der Waals surface area contributed by atoms with Crippen molar-refractivity contribution in [2.75, 3.05) is 31.9 Å². The predicted molar refractivity (Wildman–Crippen MR) is 105 cm³/mol. The van der Waals surface area contributed by atoms with Crippen molar-refractivity contribution in [1.82, 2.24) is 29.5 Å². The van der Waals surface area contributed by atoms with Crippen LogP contribution in [-0.4, -0.2) is 67.5 Å². The molecule has 1 fully saturated rings. The Balaban J connectivity index is 1.72. The lowest BCUT2D eigenvalue weighted by atomic mass is 10.1. The summed E-state index contributed by atoms with van der Waals surface area (Å²) in [5.74, 6) is 0.0108. The van der Waals surface area contributed by atoms with Crippen LogP contribution in [0.4, 0.5) is 5.95 Å². The third kappa shape index (κ3) is 4.13. The predicted octanol–water partition coefficient (Wildman–Crippen LogP) is 1.21. The summed E-state index contributed by atoms with van der Waals surface area (Å²) in [4.78, 5) is 37.6. The molecule has 0 aliphatic carbocycles. The van der Waals surface area contributed by atoms with Crippen molar-refractivity contribution < 1.29 is 9.59 Å². The number of hydrogen-bond acceptors (Lipinski definition) is 6. The van der Waals surface area contributed by atoms with E-state index < -0.39 is 0 Å². The van der Waals surface area contributed by atoms with Gasteiger partial charge in [-0.1, -0.05) is 13.8 Å². The summed E-state index contributed by atoms with van der Waals surface area (Å²) in [6, 6.07) is 3.49. The fourth-order valence-electron chi connectivity index (χ4n) is 3.35. The monoisotopic (exact) mass is 385 g/mol. The van der Waals surface area contributed by atoms with Crippen LogP contribution in [0.1, 0.15) is 58.6 Å². The minimum atomic E-state index is -0.179. The molecule has 0 unspecified atom stereocenters. The topological polar surface area (TPSA) is 110 Å². The lowest BCUT2D eigenvalue weighted by molar-refractivity contribution is 0.0710. The van der Waals surface area contributed by atoms with Crippen molar-refractivity contribution in [2.24, 2.45) is 7.05 Å². The summed E-state index contributed by atoms with van der Waals surface area (Å²) in [6.07, 6.45) is 0.700. The number of amides is 2. The summed E-state index contributed by atoms with van der Waals surface area (Å²) in [6.45, 7) is 7.91. The Hall–Kier alpha value is -2.97. The van der Waals surface area contributed by atoms with Crippen molar-refractivity contribution >= 4 is 17.8 Å². The van der Waals surface area contributed by atoms with Crippen molar-refractivity contribution in [3.63, 3.8) is 0 Å². The molecule has 0 saturated carbocycles. The molecule has 0 radical (unpaired) electrons. The van der Waals surface area contributed by atoms with Crippen LogP contribution in [0, 0.1) is 6.92 Å². The average Bonchev–Trinajstić information content (AvgIpc) is 2.84. The molecular weight excluding hydrogens is 358 g/mol. The molecule has 1 saturated heterocycles. The van der Waals surface area contributed by atoms with E-state index in [1.807, 2.05) is 20.8 Å². The Morgan fingerprint density at radius 3 is 2.25 bits per heavy atom. The summed E-state index contributed by atoms with van der Waals surface area (Å²) in [7, 11) is 1.76. The van der Waals surface area contributed by atoms with Gasteiger partial charge in [-0.25, -0.2) is 9.97 Å². The van der Waals surface area contributed by atoms with E-state index >= 15 is 0 Å². The fraction of sp³-hybridized carbons (Fsp3) is 0.526. The first-order chi connectivity index (χ1) is 13.3. The molecule has 2 aromatic rings. The van der Waals surface area contributed by atoms with E-state index in [2.05, 4.69) is 15.1 Å². The highest BCUT2D eigenvalue weighted by atomic mass is 16.2. The van der Waals surface area contributed by atoms with Crippen LogP contribution in [-0.2, 0) is 7.05 Å². The third-order valence-corrected chi connectivity index (χ3v) is 4.87. The van der Waals surface area contributed by atoms with Crippen LogP contribution >= 0.6 is 0 Å². The van der Waals surface area contributed by atoms with Crippen LogP contribution in [0.3, 0.4) is 0 Å². The van der Waals surface area contributed by atoms with E-state index in [0.717, 1.165) is 11.4 Å². The minimum Gasteiger partial charge on any atom is -0.368 e. The van der Waals surface area contributed by atoms with E-state index in [9.17, 15) is 9.59 Å². The van der Waals surface area contributed by atoms with Crippen LogP contribution in [0.15, 0.2) is 12.1 Å². The molecule has 1 aliphatic rings. The van der Waals surface area contributed by atoms with Crippen LogP contribution in [0.2, 0.25) is 0 Å². The molecule has 0 aromatic carbocycles. The molecule has 2 amide bonds. The zero-order valence-corrected chi connectivity index (χ0v) is 16.8. The van der Waals surface area contributed by atoms with Gasteiger partial charge in [0, 0.05) is 38.9 Å². The summed E-state index contributed by atoms with van der Waals surface area (Å²) < 4.78 is 1.60. The fourth-order valence-corrected chi connectivity index (χ4v) is 3.35. The summed E-state index contributed by atoms with van der Waals surface area (Å²) >= 11 is 0. The number of nitrogens with two attached hydrogens (primary N) is 1. The lowest BCUT2D eigenvalue weighted by Gasteiger charge is -2.22. The van der Waals surface area contributed by atoms with Gasteiger partial charge >= 0.3 is 0 Å². The lowest BCUT2D eigenvalue weighted by Crippen LogP contribution is -2.38. The zero-order valence-electron chi connectivity index (χ0n) is 16.8. The Morgan fingerprint density at radius 1 is 1.04 bits per heavy atom. The highest BCUT2D eigenvalue weighted by Crippen LogP contribution is 2.16. The van der Waals surface area contributed by atoms with Crippen LogP contribution in [0.5, 0.6) is 0 Å². The molecule has 9 heteroatoms. The number of hydrogen-bond donors (Lipinski definition) is 1. The van der Waals surface area contributed by atoms with Gasteiger partial charge in [0.1, 0.15) is 11.4 Å². The Kier molecular flexibility index (Phi) is 5.62. The number of rotatable bonds is 3. The molecule has 0 spiro atoms. The number of aryl methyl sites for hydroxylation is 2. The van der Waals surface area contributed by atoms with E-state index in [4.69, 9.17) is 5.73 Å². The van der Waals surface area contributed by atoms with E-state index in [0.29, 0.717) is 44.0 Å². The number of nitrogen functional groups attached to an aromatic ring is 1. The summed E-state index contributed by atoms with van der Waals surface area (Å²) in [5, 5.41) is 4.24. The molecule has 2 N–H and O–H groups in total. The molecule has 28 heavy (non-hydrogen) atoms. The van der Waals surface area contributed by atoms with Gasteiger partial charge in [-0.3, -0.25) is 14.3 Å².